The van der Waals surface area contributed by atoms with E-state index in [2.05, 4.69) is 20.6 Å². The number of aromatic nitrogens is 2. The van der Waals surface area contributed by atoms with Crippen molar-refractivity contribution < 1.29 is 29.4 Å². The fraction of sp³-hybridized carbons (Fsp3) is 0.435. The smallest absolute Gasteiger partial charge is 0.224 e. The highest BCUT2D eigenvalue weighted by Crippen LogP contribution is 2.22. The van der Waals surface area contributed by atoms with Gasteiger partial charge in [0.2, 0.25) is 23.6 Å². The molecule has 0 saturated carbocycles. The molecule has 58 heavy (non-hydrogen) atoms. The number of nitrogens with zero attached hydrogens (tertiary/aromatic N) is 4. The molecule has 12 heteroatoms. The molecule has 12 nitrogen and oxygen atoms in total. The number of pyridine rings is 2. The lowest BCUT2D eigenvalue weighted by Crippen LogP contribution is -2.58. The molecule has 0 spiro atoms. The third-order valence-corrected chi connectivity index (χ3v) is 10.6. The number of hydrogen-bond donors (Lipinski definition) is 4. The van der Waals surface area contributed by atoms with Gasteiger partial charge in [-0.1, -0.05) is 100 Å². The van der Waals surface area contributed by atoms with Gasteiger partial charge < -0.3 is 30.6 Å². The van der Waals surface area contributed by atoms with Gasteiger partial charge in [0, 0.05) is 51.2 Å². The summed E-state index contributed by atoms with van der Waals surface area (Å²) in [6.07, 6.45) is 0.436. The van der Waals surface area contributed by atoms with Crippen molar-refractivity contribution >= 4 is 23.6 Å². The Bertz CT molecular complexity index is 1730. The Kier molecular flexibility index (Phi) is 17.5. The van der Waals surface area contributed by atoms with Gasteiger partial charge in [0.1, 0.15) is 12.2 Å². The van der Waals surface area contributed by atoms with Crippen molar-refractivity contribution in [1.29, 1.82) is 0 Å². The van der Waals surface area contributed by atoms with Gasteiger partial charge in [-0.15, -0.1) is 0 Å². The Hall–Kier alpha value is -5.46. The van der Waals surface area contributed by atoms with E-state index in [9.17, 15) is 29.4 Å². The van der Waals surface area contributed by atoms with Crippen LogP contribution in [0.1, 0.15) is 63.1 Å². The van der Waals surface area contributed by atoms with Crippen molar-refractivity contribution in [1.82, 2.24) is 30.4 Å². The molecule has 0 aliphatic rings. The lowest BCUT2D eigenvalue weighted by molar-refractivity contribution is -0.138. The number of benzene rings is 2. The molecular weight excluding hydrogens is 733 g/mol. The molecule has 2 aromatic carbocycles. The molecule has 0 aliphatic carbocycles. The van der Waals surface area contributed by atoms with E-state index in [0.717, 1.165) is 22.5 Å². The SMILES string of the molecule is CC(C)[C@H](CC(=O)N(C)Cc1ccccn1)C(=O)N[C@@H](Cc1ccccc1)[C@@H](O)[C@H](O)[C@H](Cc1ccccc1)NC(=O)[C@@H](CC(=O)N(C)Cc1ccccn1)C(C)C. The number of hydrogen-bond acceptors (Lipinski definition) is 8. The van der Waals surface area contributed by atoms with Gasteiger partial charge in [-0.05, 0) is 60.1 Å². The lowest BCUT2D eigenvalue weighted by atomic mass is 9.87. The first-order valence-electron chi connectivity index (χ1n) is 20.1. The van der Waals surface area contributed by atoms with Crippen LogP contribution in [0, 0.1) is 23.7 Å². The van der Waals surface area contributed by atoms with Crippen LogP contribution in [0.5, 0.6) is 0 Å². The zero-order valence-corrected chi connectivity index (χ0v) is 34.6. The number of rotatable bonds is 21. The minimum Gasteiger partial charge on any atom is -0.388 e. The minimum atomic E-state index is -1.54. The molecule has 0 unspecified atom stereocenters. The summed E-state index contributed by atoms with van der Waals surface area (Å²) in [6, 6.07) is 27.6. The molecule has 310 valence electrons. The topological polar surface area (TPSA) is 165 Å². The van der Waals surface area contributed by atoms with Crippen molar-refractivity contribution in [3.63, 3.8) is 0 Å². The van der Waals surface area contributed by atoms with Crippen LogP contribution in [0.4, 0.5) is 0 Å². The van der Waals surface area contributed by atoms with E-state index in [0.29, 0.717) is 0 Å². The summed E-state index contributed by atoms with van der Waals surface area (Å²) in [5, 5.41) is 30.1. The van der Waals surface area contributed by atoms with Gasteiger partial charge in [0.05, 0.1) is 36.6 Å². The number of carbonyl (C=O) groups excluding carboxylic acids is 4. The van der Waals surface area contributed by atoms with Crippen LogP contribution >= 0.6 is 0 Å². The fourth-order valence-corrected chi connectivity index (χ4v) is 6.90. The Morgan fingerprint density at radius 3 is 1.21 bits per heavy atom. The van der Waals surface area contributed by atoms with E-state index in [-0.39, 0.29) is 62.4 Å². The maximum Gasteiger partial charge on any atom is 0.224 e. The lowest BCUT2D eigenvalue weighted by Gasteiger charge is -2.35. The number of aliphatic hydroxyl groups excluding tert-OH is 2. The average Bonchev–Trinajstić information content (AvgIpc) is 3.21. The highest BCUT2D eigenvalue weighted by atomic mass is 16.3. The number of carbonyl (C=O) groups is 4. The zero-order valence-electron chi connectivity index (χ0n) is 34.6. The second kappa shape index (κ2) is 22.5. The number of aliphatic hydroxyl groups is 2. The van der Waals surface area contributed by atoms with Crippen LogP contribution in [0.2, 0.25) is 0 Å². The Morgan fingerprint density at radius 2 is 0.897 bits per heavy atom. The van der Waals surface area contributed by atoms with Gasteiger partial charge in [-0.2, -0.15) is 0 Å². The highest BCUT2D eigenvalue weighted by molar-refractivity contribution is 5.87. The van der Waals surface area contributed by atoms with Crippen LogP contribution in [0.25, 0.3) is 0 Å². The van der Waals surface area contributed by atoms with E-state index in [1.54, 1.807) is 48.4 Å². The number of nitrogens with one attached hydrogen (secondary N) is 2. The van der Waals surface area contributed by atoms with Gasteiger partial charge in [-0.3, -0.25) is 29.1 Å². The standard InChI is InChI=1S/C46H60N6O6/c1-31(2)37(27-41(53)51(5)29-35-21-13-15-23-47-35)45(57)49-39(25-33-17-9-7-10-18-33)43(55)44(56)40(26-34-19-11-8-12-20-34)50-46(58)38(32(3)4)28-42(54)52(6)30-36-22-14-16-24-48-36/h7-24,31-32,37-40,43-44,55-56H,25-30H2,1-6H3,(H,49,57)(H,50,58)/t37-,38-,39-,40-,43+,44+/m0/s1. The van der Waals surface area contributed by atoms with Gasteiger partial charge in [0.25, 0.3) is 0 Å². The molecule has 0 aliphatic heterocycles. The summed E-state index contributed by atoms with van der Waals surface area (Å²) in [4.78, 5) is 66.7. The first-order chi connectivity index (χ1) is 27.7. The Balaban J connectivity index is 1.56. The molecule has 4 N–H and O–H groups in total. The first-order valence-corrected chi connectivity index (χ1v) is 20.1. The van der Waals surface area contributed by atoms with E-state index in [1.807, 2.05) is 113 Å². The molecule has 6 atom stereocenters. The van der Waals surface area contributed by atoms with Crippen molar-refractivity contribution in [3.05, 3.63) is 132 Å². The van der Waals surface area contributed by atoms with Crippen LogP contribution < -0.4 is 10.6 Å². The van der Waals surface area contributed by atoms with Crippen LogP contribution in [0.15, 0.2) is 109 Å². The monoisotopic (exact) mass is 792 g/mol. The van der Waals surface area contributed by atoms with Gasteiger partial charge in [-0.25, -0.2) is 0 Å². The molecule has 0 saturated heterocycles. The highest BCUT2D eigenvalue weighted by Gasteiger charge is 2.38. The Morgan fingerprint density at radius 1 is 0.552 bits per heavy atom. The van der Waals surface area contributed by atoms with Crippen molar-refractivity contribution in [2.45, 2.75) is 90.8 Å². The maximum atomic E-state index is 14.1. The van der Waals surface area contributed by atoms with Crippen molar-refractivity contribution in [3.8, 4) is 0 Å². The molecule has 0 fully saturated rings. The molecular formula is C46H60N6O6. The predicted octanol–water partition coefficient (Wildman–Crippen LogP) is 4.60. The third kappa shape index (κ3) is 13.9. The van der Waals surface area contributed by atoms with E-state index < -0.39 is 47.9 Å². The van der Waals surface area contributed by atoms with E-state index >= 15 is 0 Å². The summed E-state index contributed by atoms with van der Waals surface area (Å²) in [6.45, 7) is 8.04. The van der Waals surface area contributed by atoms with Crippen molar-refractivity contribution in [2.75, 3.05) is 14.1 Å². The first kappa shape index (κ1) is 45.2. The second-order valence-corrected chi connectivity index (χ2v) is 15.8. The fourth-order valence-electron chi connectivity index (χ4n) is 6.90. The molecule has 4 aromatic rings. The predicted molar refractivity (Wildman–Crippen MR) is 223 cm³/mol. The van der Waals surface area contributed by atoms with Crippen LogP contribution in [0.3, 0.4) is 0 Å². The zero-order chi connectivity index (χ0) is 42.2. The van der Waals surface area contributed by atoms with E-state index in [4.69, 9.17) is 0 Å². The van der Waals surface area contributed by atoms with Crippen LogP contribution in [-0.2, 0) is 45.1 Å². The van der Waals surface area contributed by atoms with Crippen LogP contribution in [-0.4, -0.2) is 92.0 Å². The van der Waals surface area contributed by atoms with Gasteiger partial charge >= 0.3 is 0 Å². The summed E-state index contributed by atoms with van der Waals surface area (Å²) >= 11 is 0. The molecule has 2 heterocycles. The van der Waals surface area contributed by atoms with E-state index in [1.165, 1.54) is 0 Å². The largest absolute Gasteiger partial charge is 0.388 e. The molecule has 0 radical (unpaired) electrons. The summed E-state index contributed by atoms with van der Waals surface area (Å²) in [7, 11) is 3.35. The number of amides is 4. The molecule has 4 amide bonds. The quantitative estimate of drug-likeness (QED) is 0.0952. The second-order valence-electron chi connectivity index (χ2n) is 15.8. The molecule has 4 rings (SSSR count). The molecule has 0 bridgehead atoms. The average molecular weight is 793 g/mol. The minimum absolute atomic E-state index is 0.0669. The van der Waals surface area contributed by atoms with Gasteiger partial charge in [0.15, 0.2) is 0 Å². The Labute approximate surface area is 343 Å². The molecule has 2 aromatic heterocycles. The third-order valence-electron chi connectivity index (χ3n) is 10.6. The van der Waals surface area contributed by atoms with Crippen molar-refractivity contribution in [2.24, 2.45) is 23.7 Å². The normalized spacial score (nSPS) is 14.4. The summed E-state index contributed by atoms with van der Waals surface area (Å²) < 4.78 is 0. The summed E-state index contributed by atoms with van der Waals surface area (Å²) in [5.41, 5.74) is 3.06. The maximum absolute atomic E-state index is 14.1. The summed E-state index contributed by atoms with van der Waals surface area (Å²) in [5.74, 6) is -3.25.